The third-order valence-electron chi connectivity index (χ3n) is 2.89. The maximum atomic E-state index is 6.29. The number of benzene rings is 1. The van der Waals surface area contributed by atoms with Crippen LogP contribution in [-0.4, -0.2) is 14.2 Å². The Morgan fingerprint density at radius 3 is 2.61 bits per heavy atom. The number of methoxy groups -OCH3 is 1. The first-order valence-electron chi connectivity index (χ1n) is 5.71. The summed E-state index contributed by atoms with van der Waals surface area (Å²) >= 11 is 6.29. The predicted octanol–water partition coefficient (Wildman–Crippen LogP) is 3.56. The molecule has 0 aliphatic heterocycles. The first-order valence-corrected chi connectivity index (χ1v) is 6.09. The van der Waals surface area contributed by atoms with E-state index in [0.717, 1.165) is 22.6 Å². The number of aryl methyl sites for hydroxylation is 1. The smallest absolute Gasteiger partial charge is 0.120 e. The largest absolute Gasteiger partial charge is 0.497 e. The molecule has 2 aromatic rings. The van der Waals surface area contributed by atoms with Crippen molar-refractivity contribution in [1.82, 2.24) is 5.32 Å². The Bertz CT molecular complexity index is 536. The van der Waals surface area contributed by atoms with E-state index in [9.17, 15) is 0 Å². The van der Waals surface area contributed by atoms with E-state index in [1.807, 2.05) is 38.2 Å². The molecule has 0 bridgehead atoms. The van der Waals surface area contributed by atoms with E-state index in [4.69, 9.17) is 20.8 Å². The van der Waals surface area contributed by atoms with Gasteiger partial charge < -0.3 is 14.5 Å². The highest BCUT2D eigenvalue weighted by Crippen LogP contribution is 2.31. The van der Waals surface area contributed by atoms with E-state index < -0.39 is 0 Å². The molecule has 0 aliphatic carbocycles. The van der Waals surface area contributed by atoms with Gasteiger partial charge in [-0.05, 0) is 37.7 Å². The van der Waals surface area contributed by atoms with Crippen LogP contribution in [-0.2, 0) is 0 Å². The maximum absolute atomic E-state index is 6.29. The summed E-state index contributed by atoms with van der Waals surface area (Å²) in [4.78, 5) is 0. The van der Waals surface area contributed by atoms with Gasteiger partial charge in [-0.15, -0.1) is 0 Å². The molecule has 4 heteroatoms. The molecule has 0 aliphatic rings. The molecule has 1 heterocycles. The van der Waals surface area contributed by atoms with Crippen LogP contribution in [0.5, 0.6) is 5.75 Å². The minimum atomic E-state index is 0.0147. The molecule has 1 N–H and O–H groups in total. The standard InChI is InChI=1S/C14H16ClNO2/c1-9-6-10(8-18-9)14(16-2)12-5-4-11(17-3)7-13(12)15/h4-8,14,16H,1-3H3. The molecule has 0 amide bonds. The van der Waals surface area contributed by atoms with Crippen molar-refractivity contribution in [3.63, 3.8) is 0 Å². The average Bonchev–Trinajstić information content (AvgIpc) is 2.78. The fraction of sp³-hybridized carbons (Fsp3) is 0.286. The second-order valence-electron chi connectivity index (χ2n) is 4.10. The molecule has 2 rings (SSSR count). The SMILES string of the molecule is CNC(c1coc(C)c1)c1ccc(OC)cc1Cl. The first kappa shape index (κ1) is 13.0. The van der Waals surface area contributed by atoms with Gasteiger partial charge in [0.05, 0.1) is 19.4 Å². The molecule has 0 spiro atoms. The highest BCUT2D eigenvalue weighted by molar-refractivity contribution is 6.31. The Kier molecular flexibility index (Phi) is 3.94. The van der Waals surface area contributed by atoms with E-state index in [1.54, 1.807) is 13.4 Å². The molecule has 18 heavy (non-hydrogen) atoms. The Balaban J connectivity index is 2.39. The van der Waals surface area contributed by atoms with Crippen LogP contribution in [0.4, 0.5) is 0 Å². The number of rotatable bonds is 4. The number of ether oxygens (including phenoxy) is 1. The van der Waals surface area contributed by atoms with Crippen molar-refractivity contribution >= 4 is 11.6 Å². The van der Waals surface area contributed by atoms with Crippen molar-refractivity contribution in [1.29, 1.82) is 0 Å². The van der Waals surface area contributed by atoms with Gasteiger partial charge in [0, 0.05) is 10.6 Å². The maximum Gasteiger partial charge on any atom is 0.120 e. The molecular formula is C14H16ClNO2. The molecule has 0 saturated carbocycles. The van der Waals surface area contributed by atoms with E-state index in [1.165, 1.54) is 0 Å². The second kappa shape index (κ2) is 5.46. The molecule has 0 radical (unpaired) electrons. The van der Waals surface area contributed by atoms with E-state index >= 15 is 0 Å². The Hall–Kier alpha value is -1.45. The molecule has 1 atom stereocenters. The lowest BCUT2D eigenvalue weighted by Gasteiger charge is -2.17. The normalized spacial score (nSPS) is 12.4. The van der Waals surface area contributed by atoms with Crippen LogP contribution in [0.3, 0.4) is 0 Å². The van der Waals surface area contributed by atoms with Crippen LogP contribution >= 0.6 is 11.6 Å². The van der Waals surface area contributed by atoms with Gasteiger partial charge in [0.1, 0.15) is 11.5 Å². The molecule has 1 unspecified atom stereocenters. The van der Waals surface area contributed by atoms with Gasteiger partial charge in [-0.2, -0.15) is 0 Å². The number of hydrogen-bond acceptors (Lipinski definition) is 3. The lowest BCUT2D eigenvalue weighted by molar-refractivity contribution is 0.414. The van der Waals surface area contributed by atoms with Gasteiger partial charge in [0.25, 0.3) is 0 Å². The lowest BCUT2D eigenvalue weighted by atomic mass is 10.0. The zero-order valence-corrected chi connectivity index (χ0v) is 11.4. The van der Waals surface area contributed by atoms with E-state index in [2.05, 4.69) is 5.32 Å². The predicted molar refractivity (Wildman–Crippen MR) is 72.4 cm³/mol. The summed E-state index contributed by atoms with van der Waals surface area (Å²) in [5.41, 5.74) is 2.06. The van der Waals surface area contributed by atoms with Gasteiger partial charge in [0.2, 0.25) is 0 Å². The van der Waals surface area contributed by atoms with Gasteiger partial charge in [0.15, 0.2) is 0 Å². The quantitative estimate of drug-likeness (QED) is 0.918. The van der Waals surface area contributed by atoms with E-state index in [0.29, 0.717) is 5.02 Å². The molecule has 1 aromatic heterocycles. The average molecular weight is 266 g/mol. The monoisotopic (exact) mass is 265 g/mol. The molecular weight excluding hydrogens is 250 g/mol. The van der Waals surface area contributed by atoms with Crippen molar-refractivity contribution in [2.24, 2.45) is 0 Å². The van der Waals surface area contributed by atoms with Crippen molar-refractivity contribution in [3.8, 4) is 5.75 Å². The van der Waals surface area contributed by atoms with Crippen molar-refractivity contribution in [2.45, 2.75) is 13.0 Å². The Labute approximate surface area is 112 Å². The Morgan fingerprint density at radius 2 is 2.11 bits per heavy atom. The molecule has 96 valence electrons. The topological polar surface area (TPSA) is 34.4 Å². The van der Waals surface area contributed by atoms with E-state index in [-0.39, 0.29) is 6.04 Å². The number of halogens is 1. The molecule has 0 fully saturated rings. The van der Waals surface area contributed by atoms with Crippen LogP contribution in [0.15, 0.2) is 34.9 Å². The summed E-state index contributed by atoms with van der Waals surface area (Å²) in [6.07, 6.45) is 1.75. The number of nitrogens with one attached hydrogen (secondary N) is 1. The van der Waals surface area contributed by atoms with Crippen LogP contribution < -0.4 is 10.1 Å². The number of hydrogen-bond donors (Lipinski definition) is 1. The summed E-state index contributed by atoms with van der Waals surface area (Å²) in [5, 5.41) is 3.91. The zero-order chi connectivity index (χ0) is 13.1. The van der Waals surface area contributed by atoms with Crippen LogP contribution in [0.2, 0.25) is 5.02 Å². The minimum Gasteiger partial charge on any atom is -0.497 e. The van der Waals surface area contributed by atoms with Crippen molar-refractivity contribution in [3.05, 3.63) is 52.4 Å². The minimum absolute atomic E-state index is 0.0147. The fourth-order valence-electron chi connectivity index (χ4n) is 1.99. The van der Waals surface area contributed by atoms with Gasteiger partial charge in [-0.1, -0.05) is 17.7 Å². The summed E-state index contributed by atoms with van der Waals surface area (Å²) in [7, 11) is 3.52. The fourth-order valence-corrected chi connectivity index (χ4v) is 2.27. The summed E-state index contributed by atoms with van der Waals surface area (Å²) in [6.45, 7) is 1.92. The first-order chi connectivity index (χ1) is 8.65. The summed E-state index contributed by atoms with van der Waals surface area (Å²) in [5.74, 6) is 1.64. The molecule has 1 aromatic carbocycles. The highest BCUT2D eigenvalue weighted by Gasteiger charge is 2.17. The van der Waals surface area contributed by atoms with Crippen molar-refractivity contribution < 1.29 is 9.15 Å². The lowest BCUT2D eigenvalue weighted by Crippen LogP contribution is -2.17. The van der Waals surface area contributed by atoms with Crippen LogP contribution in [0, 0.1) is 6.92 Å². The zero-order valence-electron chi connectivity index (χ0n) is 10.7. The molecule has 3 nitrogen and oxygen atoms in total. The van der Waals surface area contributed by atoms with Crippen LogP contribution in [0.1, 0.15) is 22.9 Å². The highest BCUT2D eigenvalue weighted by atomic mass is 35.5. The van der Waals surface area contributed by atoms with Crippen molar-refractivity contribution in [2.75, 3.05) is 14.2 Å². The summed E-state index contributed by atoms with van der Waals surface area (Å²) in [6, 6.07) is 7.69. The second-order valence-corrected chi connectivity index (χ2v) is 4.51. The van der Waals surface area contributed by atoms with Gasteiger partial charge in [-0.3, -0.25) is 0 Å². The number of furan rings is 1. The third-order valence-corrected chi connectivity index (χ3v) is 3.22. The third kappa shape index (κ3) is 2.52. The Morgan fingerprint density at radius 1 is 1.33 bits per heavy atom. The van der Waals surface area contributed by atoms with Gasteiger partial charge in [-0.25, -0.2) is 0 Å². The molecule has 0 saturated heterocycles. The van der Waals surface area contributed by atoms with Gasteiger partial charge >= 0.3 is 0 Å². The van der Waals surface area contributed by atoms with Crippen LogP contribution in [0.25, 0.3) is 0 Å². The summed E-state index contributed by atoms with van der Waals surface area (Å²) < 4.78 is 10.5.